The molecule has 2 heterocycles. The molecule has 18 heavy (non-hydrogen) atoms. The quantitative estimate of drug-likeness (QED) is 0.870. The number of hydrogen-bond donors (Lipinski definition) is 2. The minimum absolute atomic E-state index is 0.221. The van der Waals surface area contributed by atoms with Gasteiger partial charge in [0.05, 0.1) is 5.69 Å². The van der Waals surface area contributed by atoms with Crippen LogP contribution in [0.15, 0.2) is 12.1 Å². The Kier molecular flexibility index (Phi) is 3.29. The maximum absolute atomic E-state index is 12.0. The summed E-state index contributed by atoms with van der Waals surface area (Å²) in [6.45, 7) is 5.68. The molecule has 0 saturated heterocycles. The van der Waals surface area contributed by atoms with Crippen LogP contribution in [0.1, 0.15) is 26.6 Å². The Morgan fingerprint density at radius 2 is 2.00 bits per heavy atom. The van der Waals surface area contributed by atoms with Crippen LogP contribution in [-0.4, -0.2) is 15.9 Å². The van der Waals surface area contributed by atoms with Crippen molar-refractivity contribution in [3.8, 4) is 0 Å². The lowest BCUT2D eigenvalue weighted by Crippen LogP contribution is -2.13. The van der Waals surface area contributed by atoms with E-state index in [1.54, 1.807) is 19.1 Å². The molecule has 0 saturated carbocycles. The molecule has 94 valence electrons. The Labute approximate surface area is 109 Å². The molecule has 1 amide bonds. The summed E-state index contributed by atoms with van der Waals surface area (Å²) in [4.78, 5) is 21.4. The Hall–Kier alpha value is -1.95. The second-order valence-corrected chi connectivity index (χ2v) is 5.24. The highest BCUT2D eigenvalue weighted by Crippen LogP contribution is 2.21. The molecule has 2 rings (SSSR count). The zero-order valence-corrected chi connectivity index (χ0v) is 11.3. The molecule has 0 bridgehead atoms. The van der Waals surface area contributed by atoms with Crippen LogP contribution in [-0.2, 0) is 0 Å². The predicted octanol–water partition coefficient (Wildman–Crippen LogP) is 2.30. The summed E-state index contributed by atoms with van der Waals surface area (Å²) in [6.07, 6.45) is 0. The number of aryl methyl sites for hydroxylation is 3. The first-order valence-electron chi connectivity index (χ1n) is 5.45. The van der Waals surface area contributed by atoms with Crippen LogP contribution in [0.4, 0.5) is 10.9 Å². The summed E-state index contributed by atoms with van der Waals surface area (Å²) in [5, 5.41) is 3.36. The molecule has 2 aromatic rings. The van der Waals surface area contributed by atoms with Crippen LogP contribution >= 0.6 is 11.3 Å². The standard InChI is InChI=1S/C12H14N4OS/c1-6-4-9(5-10(13)14-6)11(17)16-12-15-7(2)8(3)18-12/h4-5H,1-3H3,(H2,13,14)(H,15,16,17). The highest BCUT2D eigenvalue weighted by Gasteiger charge is 2.11. The summed E-state index contributed by atoms with van der Waals surface area (Å²) in [6, 6.07) is 3.24. The van der Waals surface area contributed by atoms with Crippen molar-refractivity contribution in [3.05, 3.63) is 34.0 Å². The van der Waals surface area contributed by atoms with Gasteiger partial charge in [-0.05, 0) is 32.9 Å². The smallest absolute Gasteiger partial charge is 0.257 e. The van der Waals surface area contributed by atoms with E-state index in [1.165, 1.54) is 11.3 Å². The predicted molar refractivity (Wildman–Crippen MR) is 72.9 cm³/mol. The van der Waals surface area contributed by atoms with Gasteiger partial charge in [0.15, 0.2) is 5.13 Å². The van der Waals surface area contributed by atoms with Crippen LogP contribution in [0.25, 0.3) is 0 Å². The first kappa shape index (κ1) is 12.5. The highest BCUT2D eigenvalue weighted by molar-refractivity contribution is 7.15. The van der Waals surface area contributed by atoms with E-state index >= 15 is 0 Å². The van der Waals surface area contributed by atoms with E-state index in [0.717, 1.165) is 10.6 Å². The average molecular weight is 262 g/mol. The molecule has 0 unspecified atom stereocenters. The molecule has 5 nitrogen and oxygen atoms in total. The number of nitrogens with two attached hydrogens (primary N) is 1. The number of nitrogens with one attached hydrogen (secondary N) is 1. The highest BCUT2D eigenvalue weighted by atomic mass is 32.1. The maximum Gasteiger partial charge on any atom is 0.257 e. The third kappa shape index (κ3) is 2.65. The molecule has 0 spiro atoms. The minimum Gasteiger partial charge on any atom is -0.384 e. The first-order chi connectivity index (χ1) is 8.45. The SMILES string of the molecule is Cc1cc(C(=O)Nc2nc(C)c(C)s2)cc(N)n1. The minimum atomic E-state index is -0.221. The van der Waals surface area contributed by atoms with Gasteiger partial charge in [-0.25, -0.2) is 9.97 Å². The van der Waals surface area contributed by atoms with Gasteiger partial charge in [-0.3, -0.25) is 10.1 Å². The molecule has 6 heteroatoms. The van der Waals surface area contributed by atoms with Crippen LogP contribution in [0, 0.1) is 20.8 Å². The van der Waals surface area contributed by atoms with E-state index in [1.807, 2.05) is 13.8 Å². The van der Waals surface area contributed by atoms with Gasteiger partial charge >= 0.3 is 0 Å². The summed E-state index contributed by atoms with van der Waals surface area (Å²) in [5.74, 6) is 0.118. The molecule has 0 atom stereocenters. The molecule has 0 aromatic carbocycles. The molecule has 0 radical (unpaired) electrons. The average Bonchev–Trinajstić information content (AvgIpc) is 2.56. The van der Waals surface area contributed by atoms with Gasteiger partial charge in [-0.1, -0.05) is 0 Å². The lowest BCUT2D eigenvalue weighted by atomic mass is 10.2. The van der Waals surface area contributed by atoms with E-state index in [-0.39, 0.29) is 5.91 Å². The first-order valence-corrected chi connectivity index (χ1v) is 6.27. The number of amides is 1. The molecule has 3 N–H and O–H groups in total. The lowest BCUT2D eigenvalue weighted by Gasteiger charge is -2.03. The number of thiazole rings is 1. The van der Waals surface area contributed by atoms with Crippen molar-refractivity contribution in [1.29, 1.82) is 0 Å². The monoisotopic (exact) mass is 262 g/mol. The van der Waals surface area contributed by atoms with E-state index in [9.17, 15) is 4.79 Å². The number of nitrogen functional groups attached to an aromatic ring is 1. The maximum atomic E-state index is 12.0. The summed E-state index contributed by atoms with van der Waals surface area (Å²) in [7, 11) is 0. The second kappa shape index (κ2) is 4.73. The van der Waals surface area contributed by atoms with Gasteiger partial charge in [0.25, 0.3) is 5.91 Å². The number of rotatable bonds is 2. The molecular weight excluding hydrogens is 248 g/mol. The Morgan fingerprint density at radius 3 is 2.56 bits per heavy atom. The Balaban J connectivity index is 2.21. The number of carbonyl (C=O) groups is 1. The van der Waals surface area contributed by atoms with Crippen molar-refractivity contribution in [2.45, 2.75) is 20.8 Å². The Bertz CT molecular complexity index is 566. The van der Waals surface area contributed by atoms with E-state index in [0.29, 0.717) is 22.2 Å². The van der Waals surface area contributed by atoms with E-state index in [2.05, 4.69) is 15.3 Å². The number of hydrogen-bond acceptors (Lipinski definition) is 5. The number of pyridine rings is 1. The normalized spacial score (nSPS) is 10.4. The van der Waals surface area contributed by atoms with Gasteiger partial charge in [0.1, 0.15) is 5.82 Å². The van der Waals surface area contributed by atoms with Gasteiger partial charge in [-0.2, -0.15) is 0 Å². The number of anilines is 2. The molecule has 0 aliphatic rings. The van der Waals surface area contributed by atoms with E-state index < -0.39 is 0 Å². The van der Waals surface area contributed by atoms with Crippen LogP contribution in [0.5, 0.6) is 0 Å². The van der Waals surface area contributed by atoms with Gasteiger partial charge < -0.3 is 5.73 Å². The van der Waals surface area contributed by atoms with Crippen molar-refractivity contribution < 1.29 is 4.79 Å². The third-order valence-corrected chi connectivity index (χ3v) is 3.47. The van der Waals surface area contributed by atoms with Crippen molar-refractivity contribution in [3.63, 3.8) is 0 Å². The largest absolute Gasteiger partial charge is 0.384 e. The topological polar surface area (TPSA) is 80.9 Å². The number of carbonyl (C=O) groups excluding carboxylic acids is 1. The van der Waals surface area contributed by atoms with Gasteiger partial charge in [0.2, 0.25) is 0 Å². The Morgan fingerprint density at radius 1 is 1.28 bits per heavy atom. The summed E-state index contributed by atoms with van der Waals surface area (Å²) in [5.41, 5.74) is 7.75. The number of nitrogens with zero attached hydrogens (tertiary/aromatic N) is 2. The fourth-order valence-corrected chi connectivity index (χ4v) is 2.33. The van der Waals surface area contributed by atoms with Crippen LogP contribution in [0.3, 0.4) is 0 Å². The van der Waals surface area contributed by atoms with Crippen molar-refractivity contribution in [1.82, 2.24) is 9.97 Å². The second-order valence-electron chi connectivity index (χ2n) is 4.04. The third-order valence-electron chi connectivity index (χ3n) is 2.48. The van der Waals surface area contributed by atoms with Gasteiger partial charge in [-0.15, -0.1) is 11.3 Å². The molecule has 0 aliphatic carbocycles. The molecule has 0 fully saturated rings. The fourth-order valence-electron chi connectivity index (χ4n) is 1.52. The van der Waals surface area contributed by atoms with Crippen molar-refractivity contribution >= 4 is 28.2 Å². The molecule has 2 aromatic heterocycles. The zero-order chi connectivity index (χ0) is 13.3. The van der Waals surface area contributed by atoms with E-state index in [4.69, 9.17) is 5.73 Å². The van der Waals surface area contributed by atoms with Crippen molar-refractivity contribution in [2.75, 3.05) is 11.1 Å². The summed E-state index contributed by atoms with van der Waals surface area (Å²) < 4.78 is 0. The van der Waals surface area contributed by atoms with Crippen LogP contribution < -0.4 is 11.1 Å². The lowest BCUT2D eigenvalue weighted by molar-refractivity contribution is 0.102. The van der Waals surface area contributed by atoms with Crippen LogP contribution in [0.2, 0.25) is 0 Å². The number of aromatic nitrogens is 2. The van der Waals surface area contributed by atoms with Gasteiger partial charge in [0, 0.05) is 16.1 Å². The zero-order valence-electron chi connectivity index (χ0n) is 10.4. The molecule has 0 aliphatic heterocycles. The fraction of sp³-hybridized carbons (Fsp3) is 0.250. The molecular formula is C12H14N4OS. The van der Waals surface area contributed by atoms with Crippen molar-refractivity contribution in [2.24, 2.45) is 0 Å². The summed E-state index contributed by atoms with van der Waals surface area (Å²) >= 11 is 1.46.